The van der Waals surface area contributed by atoms with Crippen LogP contribution in [0.1, 0.15) is 33.2 Å². The Morgan fingerprint density at radius 2 is 1.73 bits per heavy atom. The molecule has 4 rings (SSSR count). The van der Waals surface area contributed by atoms with Crippen LogP contribution in [0.15, 0.2) is 71.6 Å². The molecular formula is C24H19Cl2NO5S. The summed E-state index contributed by atoms with van der Waals surface area (Å²) in [6.45, 7) is 1.31. The first kappa shape index (κ1) is 23.3. The largest absolute Gasteiger partial charge is 0.454 e. The number of anilines is 1. The van der Waals surface area contributed by atoms with Crippen LogP contribution in [-0.4, -0.2) is 32.8 Å². The van der Waals surface area contributed by atoms with Crippen LogP contribution in [0.2, 0.25) is 10.0 Å². The third kappa shape index (κ3) is 4.62. The molecule has 3 aromatic rings. The molecule has 0 bridgehead atoms. The number of carbonyl (C=O) groups is 2. The second-order valence-electron chi connectivity index (χ2n) is 7.64. The van der Waals surface area contributed by atoms with Gasteiger partial charge < -0.3 is 4.74 Å². The summed E-state index contributed by atoms with van der Waals surface area (Å²) in [6.07, 6.45) is 0.605. The lowest BCUT2D eigenvalue weighted by Gasteiger charge is -2.24. The van der Waals surface area contributed by atoms with Gasteiger partial charge in [-0.1, -0.05) is 47.5 Å². The van der Waals surface area contributed by atoms with Crippen LogP contribution in [0, 0.1) is 0 Å². The minimum Gasteiger partial charge on any atom is -0.454 e. The van der Waals surface area contributed by atoms with Crippen LogP contribution in [0.3, 0.4) is 0 Å². The average molecular weight is 504 g/mol. The van der Waals surface area contributed by atoms with Gasteiger partial charge in [-0.15, -0.1) is 0 Å². The molecule has 1 heterocycles. The molecule has 0 aliphatic carbocycles. The predicted molar refractivity (Wildman–Crippen MR) is 127 cm³/mol. The van der Waals surface area contributed by atoms with Gasteiger partial charge in [0.1, 0.15) is 0 Å². The Hall–Kier alpha value is -2.87. The summed E-state index contributed by atoms with van der Waals surface area (Å²) in [7, 11) is -3.91. The van der Waals surface area contributed by atoms with Crippen LogP contribution in [0.5, 0.6) is 0 Å². The number of hydrogen-bond acceptors (Lipinski definition) is 5. The summed E-state index contributed by atoms with van der Waals surface area (Å²) in [5.41, 5.74) is 1.85. The Morgan fingerprint density at radius 1 is 0.970 bits per heavy atom. The molecule has 170 valence electrons. The maximum Gasteiger partial charge on any atom is 0.338 e. The number of esters is 1. The monoisotopic (exact) mass is 503 g/mol. The molecule has 1 unspecified atom stereocenters. The van der Waals surface area contributed by atoms with Gasteiger partial charge in [-0.3, -0.25) is 9.10 Å². The molecule has 0 saturated heterocycles. The maximum atomic E-state index is 13.4. The Labute approximate surface area is 201 Å². The summed E-state index contributed by atoms with van der Waals surface area (Å²) < 4.78 is 33.3. The summed E-state index contributed by atoms with van der Waals surface area (Å²) in [5.74, 6) is -1.27. The molecule has 33 heavy (non-hydrogen) atoms. The molecule has 1 aliphatic rings. The third-order valence-corrected chi connectivity index (χ3v) is 8.01. The zero-order valence-electron chi connectivity index (χ0n) is 17.5. The van der Waals surface area contributed by atoms with E-state index >= 15 is 0 Å². The number of ketones is 1. The molecule has 0 spiro atoms. The van der Waals surface area contributed by atoms with Gasteiger partial charge in [0.25, 0.3) is 10.0 Å². The van der Waals surface area contributed by atoms with Crippen LogP contribution < -0.4 is 4.31 Å². The highest BCUT2D eigenvalue weighted by atomic mass is 35.5. The van der Waals surface area contributed by atoms with Crippen molar-refractivity contribution in [1.82, 2.24) is 0 Å². The van der Waals surface area contributed by atoms with Gasteiger partial charge in [0, 0.05) is 11.6 Å². The lowest BCUT2D eigenvalue weighted by atomic mass is 10.1. The Balaban J connectivity index is 1.52. The van der Waals surface area contributed by atoms with Crippen molar-refractivity contribution < 1.29 is 22.7 Å². The molecule has 0 radical (unpaired) electrons. The first-order chi connectivity index (χ1) is 15.7. The minimum absolute atomic E-state index is 0.0261. The van der Waals surface area contributed by atoms with Crippen LogP contribution >= 0.6 is 23.2 Å². The Kier molecular flexibility index (Phi) is 6.47. The van der Waals surface area contributed by atoms with Crippen molar-refractivity contribution in [3.05, 3.63) is 93.5 Å². The topological polar surface area (TPSA) is 80.8 Å². The van der Waals surface area contributed by atoms with Gasteiger partial charge in [-0.2, -0.15) is 0 Å². The van der Waals surface area contributed by atoms with Gasteiger partial charge in [0.05, 0.1) is 26.2 Å². The lowest BCUT2D eigenvalue weighted by Crippen LogP contribution is -2.35. The Morgan fingerprint density at radius 3 is 2.48 bits per heavy atom. The van der Waals surface area contributed by atoms with Gasteiger partial charge in [-0.05, 0) is 61.4 Å². The number of halogens is 2. The van der Waals surface area contributed by atoms with Crippen LogP contribution in [0.4, 0.5) is 5.69 Å². The molecule has 0 aromatic heterocycles. The zero-order valence-corrected chi connectivity index (χ0v) is 19.8. The van der Waals surface area contributed by atoms with E-state index in [2.05, 4.69) is 0 Å². The quantitative estimate of drug-likeness (QED) is 0.342. The molecule has 0 saturated carbocycles. The summed E-state index contributed by atoms with van der Waals surface area (Å²) in [5, 5.41) is 0.516. The third-order valence-electron chi connectivity index (χ3n) is 5.35. The van der Waals surface area contributed by atoms with Crippen molar-refractivity contribution in [1.29, 1.82) is 0 Å². The maximum absolute atomic E-state index is 13.4. The highest BCUT2D eigenvalue weighted by molar-refractivity contribution is 7.92. The summed E-state index contributed by atoms with van der Waals surface area (Å²) >= 11 is 11.8. The SMILES string of the molecule is CC1Cc2ccccc2N1S(=O)(=O)c1cccc(C(=O)OCC(=O)c2ccc(Cl)c(Cl)c2)c1. The van der Waals surface area contributed by atoms with E-state index in [1.165, 1.54) is 46.8 Å². The number of benzene rings is 3. The van der Waals surface area contributed by atoms with Gasteiger partial charge in [0.15, 0.2) is 12.4 Å². The number of carbonyl (C=O) groups excluding carboxylic acids is 2. The molecule has 1 aliphatic heterocycles. The van der Waals surface area contributed by atoms with E-state index < -0.39 is 28.4 Å². The van der Waals surface area contributed by atoms with Gasteiger partial charge in [-0.25, -0.2) is 13.2 Å². The summed E-state index contributed by atoms with van der Waals surface area (Å²) in [4.78, 5) is 24.8. The fourth-order valence-electron chi connectivity index (χ4n) is 3.77. The van der Waals surface area contributed by atoms with Crippen molar-refractivity contribution in [2.24, 2.45) is 0 Å². The number of fused-ring (bicyclic) bond motifs is 1. The molecule has 0 amide bonds. The van der Waals surface area contributed by atoms with Crippen molar-refractivity contribution in [3.63, 3.8) is 0 Å². The number of para-hydroxylation sites is 1. The van der Waals surface area contributed by atoms with E-state index in [4.69, 9.17) is 27.9 Å². The first-order valence-corrected chi connectivity index (χ1v) is 12.3. The van der Waals surface area contributed by atoms with Crippen LogP contribution in [-0.2, 0) is 21.2 Å². The van der Waals surface area contributed by atoms with Crippen molar-refractivity contribution in [2.45, 2.75) is 24.3 Å². The molecular weight excluding hydrogens is 485 g/mol. The highest BCUT2D eigenvalue weighted by Gasteiger charge is 2.36. The van der Waals surface area contributed by atoms with E-state index in [0.29, 0.717) is 17.1 Å². The summed E-state index contributed by atoms with van der Waals surface area (Å²) in [6, 6.07) is 17.0. The molecule has 0 N–H and O–H groups in total. The number of ether oxygens (including phenoxy) is 1. The van der Waals surface area contributed by atoms with Crippen molar-refractivity contribution in [2.75, 3.05) is 10.9 Å². The van der Waals surface area contributed by atoms with E-state index in [-0.39, 0.29) is 27.1 Å². The van der Waals surface area contributed by atoms with Crippen molar-refractivity contribution in [3.8, 4) is 0 Å². The fraction of sp³-hybridized carbons (Fsp3) is 0.167. The second kappa shape index (κ2) is 9.17. The van der Waals surface area contributed by atoms with Crippen LogP contribution in [0.25, 0.3) is 0 Å². The van der Waals surface area contributed by atoms with Gasteiger partial charge in [0.2, 0.25) is 0 Å². The van der Waals surface area contributed by atoms with E-state index in [1.807, 2.05) is 19.1 Å². The normalized spacial score (nSPS) is 15.2. The van der Waals surface area contributed by atoms with E-state index in [0.717, 1.165) is 5.56 Å². The van der Waals surface area contributed by atoms with Gasteiger partial charge >= 0.3 is 5.97 Å². The second-order valence-corrected chi connectivity index (χ2v) is 10.3. The first-order valence-electron chi connectivity index (χ1n) is 10.1. The number of nitrogens with zero attached hydrogens (tertiary/aromatic N) is 1. The Bertz CT molecular complexity index is 1360. The lowest BCUT2D eigenvalue weighted by molar-refractivity contribution is 0.0474. The fourth-order valence-corrected chi connectivity index (χ4v) is 5.80. The number of hydrogen-bond donors (Lipinski definition) is 0. The highest BCUT2D eigenvalue weighted by Crippen LogP contribution is 2.36. The number of sulfonamides is 1. The standard InChI is InChI=1S/C24H19Cl2NO5S/c1-15-11-16-5-2-3-8-22(16)27(15)33(30,31)19-7-4-6-18(12-19)24(29)32-14-23(28)17-9-10-20(25)21(26)13-17/h2-10,12-13,15H,11,14H2,1H3. The predicted octanol–water partition coefficient (Wildman–Crippen LogP) is 5.17. The number of Topliss-reactive ketones (excluding diaryl/α,β-unsaturated/α-hetero) is 1. The smallest absolute Gasteiger partial charge is 0.338 e. The average Bonchev–Trinajstić information content (AvgIpc) is 3.15. The molecule has 9 heteroatoms. The molecule has 0 fully saturated rings. The molecule has 6 nitrogen and oxygen atoms in total. The molecule has 3 aromatic carbocycles. The van der Waals surface area contributed by atoms with E-state index in [1.54, 1.807) is 12.1 Å². The van der Waals surface area contributed by atoms with E-state index in [9.17, 15) is 18.0 Å². The number of rotatable bonds is 6. The molecule has 1 atom stereocenters. The van der Waals surface area contributed by atoms with Crippen molar-refractivity contribution >= 4 is 50.7 Å². The zero-order chi connectivity index (χ0) is 23.8. The minimum atomic E-state index is -3.91.